The average molecular weight is 559 g/mol. The Morgan fingerprint density at radius 1 is 1.18 bits per heavy atom. The summed E-state index contributed by atoms with van der Waals surface area (Å²) in [4.78, 5) is 39.1. The minimum atomic E-state index is -2.17. The third-order valence-corrected chi connectivity index (χ3v) is 10.4. The van der Waals surface area contributed by atoms with Crippen LogP contribution in [0.4, 0.5) is 0 Å². The molecule has 220 valence electrons. The molecule has 2 heterocycles. The van der Waals surface area contributed by atoms with Gasteiger partial charge in [-0.05, 0) is 43.8 Å². The number of aliphatic hydroxyl groups excluding tert-OH is 2. The number of carbonyl (C=O) groups is 3. The number of esters is 2. The summed E-state index contributed by atoms with van der Waals surface area (Å²) in [7, 11) is 0. The van der Waals surface area contributed by atoms with Crippen molar-refractivity contribution in [3.05, 3.63) is 36.0 Å². The molecule has 9 heteroatoms. The van der Waals surface area contributed by atoms with Crippen molar-refractivity contribution in [2.75, 3.05) is 6.61 Å². The summed E-state index contributed by atoms with van der Waals surface area (Å²) in [5, 5.41) is 34.5. The highest BCUT2D eigenvalue weighted by molar-refractivity contribution is 5.96. The highest BCUT2D eigenvalue weighted by atomic mass is 16.7. The number of unbranched alkanes of at least 4 members (excludes halogenated alkanes) is 6. The lowest BCUT2D eigenvalue weighted by Gasteiger charge is -2.67. The number of hydrogen-bond donors (Lipinski definition) is 3. The maximum absolute atomic E-state index is 13.4. The molecule has 3 N–H and O–H groups in total. The molecule has 40 heavy (non-hydrogen) atoms. The molecule has 2 aliphatic heterocycles. The lowest BCUT2D eigenvalue weighted by atomic mass is 9.38. The average Bonchev–Trinajstić information content (AvgIpc) is 3.20. The van der Waals surface area contributed by atoms with Gasteiger partial charge in [0.1, 0.15) is 18.3 Å². The SMILES string of the molecule is C=C1[C@@H](O)[C@]2(O)OC[C@@]34[C@H]1[C@@H](OC(=O)/C=C/CCCCCCCC)C(=O)O[C@@H]3C[C@H]1C(C)=CC(=O)[C@@H](O)[C@]1(C)[C@@H]24. The maximum atomic E-state index is 13.4. The second kappa shape index (κ2) is 10.5. The van der Waals surface area contributed by atoms with Crippen LogP contribution in [0.5, 0.6) is 0 Å². The second-order valence-corrected chi connectivity index (χ2v) is 12.6. The highest BCUT2D eigenvalue weighted by Gasteiger charge is 2.83. The number of allylic oxidation sites excluding steroid dienone is 2. The third kappa shape index (κ3) is 4.07. The molecule has 4 fully saturated rings. The quantitative estimate of drug-likeness (QED) is 0.169. The smallest absolute Gasteiger partial charge is 0.348 e. The largest absolute Gasteiger partial charge is 0.459 e. The molecule has 10 atom stereocenters. The van der Waals surface area contributed by atoms with Gasteiger partial charge < -0.3 is 29.5 Å². The van der Waals surface area contributed by atoms with Crippen LogP contribution >= 0.6 is 0 Å². The van der Waals surface area contributed by atoms with Gasteiger partial charge in [-0.15, -0.1) is 0 Å². The van der Waals surface area contributed by atoms with Crippen LogP contribution in [0.1, 0.15) is 72.1 Å². The number of aliphatic hydroxyl groups is 3. The molecule has 9 nitrogen and oxygen atoms in total. The fraction of sp³-hybridized carbons (Fsp3) is 0.710. The Kier molecular flexibility index (Phi) is 7.66. The van der Waals surface area contributed by atoms with E-state index in [9.17, 15) is 29.7 Å². The number of fused-ring (bicyclic) bond motifs is 1. The number of hydrogen-bond acceptors (Lipinski definition) is 9. The van der Waals surface area contributed by atoms with Crippen LogP contribution in [0.25, 0.3) is 0 Å². The van der Waals surface area contributed by atoms with Gasteiger partial charge in [0.05, 0.1) is 12.0 Å². The Balaban J connectivity index is 1.43. The van der Waals surface area contributed by atoms with Crippen molar-refractivity contribution in [2.24, 2.45) is 28.6 Å². The Labute approximate surface area is 235 Å². The summed E-state index contributed by atoms with van der Waals surface area (Å²) < 4.78 is 17.5. The van der Waals surface area contributed by atoms with Crippen LogP contribution in [0.3, 0.4) is 0 Å². The zero-order valence-corrected chi connectivity index (χ0v) is 23.6. The van der Waals surface area contributed by atoms with Crippen molar-refractivity contribution in [3.8, 4) is 0 Å². The topological polar surface area (TPSA) is 140 Å². The molecule has 2 saturated heterocycles. The first-order valence-corrected chi connectivity index (χ1v) is 14.6. The van der Waals surface area contributed by atoms with Crippen LogP contribution in [0, 0.1) is 28.6 Å². The van der Waals surface area contributed by atoms with Gasteiger partial charge >= 0.3 is 11.9 Å². The summed E-state index contributed by atoms with van der Waals surface area (Å²) in [6.07, 6.45) is 6.89. The molecule has 5 aliphatic rings. The third-order valence-electron chi connectivity index (χ3n) is 10.4. The zero-order valence-electron chi connectivity index (χ0n) is 23.6. The van der Waals surface area contributed by atoms with E-state index < -0.39 is 76.5 Å². The van der Waals surface area contributed by atoms with Gasteiger partial charge in [-0.25, -0.2) is 9.59 Å². The highest BCUT2D eigenvalue weighted by Crippen LogP contribution is 2.73. The Bertz CT molecular complexity index is 1140. The minimum absolute atomic E-state index is 0.109. The molecule has 3 aliphatic carbocycles. The molecule has 0 radical (unpaired) electrons. The van der Waals surface area contributed by atoms with Crippen molar-refractivity contribution >= 4 is 17.7 Å². The van der Waals surface area contributed by atoms with Gasteiger partial charge in [-0.1, -0.05) is 64.2 Å². The van der Waals surface area contributed by atoms with Gasteiger partial charge in [0.25, 0.3) is 0 Å². The van der Waals surface area contributed by atoms with E-state index in [0.29, 0.717) is 12.0 Å². The van der Waals surface area contributed by atoms with E-state index in [-0.39, 0.29) is 18.6 Å². The van der Waals surface area contributed by atoms with Crippen LogP contribution in [-0.4, -0.2) is 69.9 Å². The fourth-order valence-electron chi connectivity index (χ4n) is 8.69. The van der Waals surface area contributed by atoms with Gasteiger partial charge in [0, 0.05) is 23.3 Å². The van der Waals surface area contributed by atoms with E-state index in [1.54, 1.807) is 19.9 Å². The molecule has 0 unspecified atom stereocenters. The molecular formula is C31H42O9. The van der Waals surface area contributed by atoms with Crippen molar-refractivity contribution in [1.29, 1.82) is 0 Å². The molecule has 1 spiro atoms. The molecule has 2 saturated carbocycles. The Morgan fingerprint density at radius 3 is 2.60 bits per heavy atom. The molecule has 5 rings (SSSR count). The number of rotatable bonds is 9. The van der Waals surface area contributed by atoms with E-state index in [4.69, 9.17) is 14.2 Å². The van der Waals surface area contributed by atoms with Gasteiger partial charge in [0.2, 0.25) is 6.10 Å². The van der Waals surface area contributed by atoms with Gasteiger partial charge in [-0.2, -0.15) is 0 Å². The predicted molar refractivity (Wildman–Crippen MR) is 143 cm³/mol. The van der Waals surface area contributed by atoms with Gasteiger partial charge in [0.15, 0.2) is 11.6 Å². The molecular weight excluding hydrogens is 516 g/mol. The first kappa shape index (κ1) is 29.2. The van der Waals surface area contributed by atoms with E-state index in [2.05, 4.69) is 13.5 Å². The standard InChI is InChI=1S/C31H42O9/c1-5-6-7-8-9-10-11-12-13-22(33)40-24-23-18(3)25(34)31(37)28-29(4)19(17(2)14-20(32)26(29)35)15-21(39-27(24)36)30(23,28)16-38-31/h12-14,19,21,23-26,28,34-35,37H,3,5-11,15-16H2,1-2,4H3/b13-12+/t19-,21+,23+,24+,25+,26+,28+,29+,30-,31-/m0/s1. The molecule has 2 bridgehead atoms. The Hall–Kier alpha value is -2.33. The molecule has 0 amide bonds. The van der Waals surface area contributed by atoms with E-state index in [1.807, 2.05) is 0 Å². The Morgan fingerprint density at radius 2 is 1.88 bits per heavy atom. The number of carbonyl (C=O) groups excluding carboxylic acids is 3. The summed E-state index contributed by atoms with van der Waals surface area (Å²) in [6.45, 7) is 9.57. The van der Waals surface area contributed by atoms with E-state index in [1.165, 1.54) is 31.4 Å². The summed E-state index contributed by atoms with van der Waals surface area (Å²) in [5.74, 6) is -6.50. The lowest BCUT2D eigenvalue weighted by molar-refractivity contribution is -0.311. The summed E-state index contributed by atoms with van der Waals surface area (Å²) >= 11 is 0. The van der Waals surface area contributed by atoms with Crippen LogP contribution in [0.15, 0.2) is 36.0 Å². The fourth-order valence-corrected chi connectivity index (χ4v) is 8.69. The molecule has 0 aromatic rings. The van der Waals surface area contributed by atoms with Crippen molar-refractivity contribution in [3.63, 3.8) is 0 Å². The first-order chi connectivity index (χ1) is 18.9. The number of ketones is 1. The first-order valence-electron chi connectivity index (χ1n) is 14.6. The van der Waals surface area contributed by atoms with Crippen LogP contribution < -0.4 is 0 Å². The normalized spacial score (nSPS) is 43.7. The van der Waals surface area contributed by atoms with Crippen LogP contribution in [0.2, 0.25) is 0 Å². The predicted octanol–water partition coefficient (Wildman–Crippen LogP) is 2.91. The van der Waals surface area contributed by atoms with Crippen molar-refractivity contribution in [1.82, 2.24) is 0 Å². The lowest BCUT2D eigenvalue weighted by Crippen LogP contribution is -2.76. The molecule has 0 aromatic heterocycles. The zero-order chi connectivity index (χ0) is 29.0. The number of ether oxygens (including phenoxy) is 3. The van der Waals surface area contributed by atoms with Gasteiger partial charge in [-0.3, -0.25) is 4.79 Å². The molecule has 0 aromatic carbocycles. The van der Waals surface area contributed by atoms with Crippen molar-refractivity contribution in [2.45, 2.75) is 102 Å². The maximum Gasteiger partial charge on any atom is 0.348 e. The second-order valence-electron chi connectivity index (χ2n) is 12.6. The van der Waals surface area contributed by atoms with Crippen molar-refractivity contribution < 1.29 is 43.9 Å². The summed E-state index contributed by atoms with van der Waals surface area (Å²) in [5.41, 5.74) is -1.60. The van der Waals surface area contributed by atoms with E-state index in [0.717, 1.165) is 19.3 Å². The monoisotopic (exact) mass is 558 g/mol. The summed E-state index contributed by atoms with van der Waals surface area (Å²) in [6, 6.07) is 0. The van der Waals surface area contributed by atoms with Crippen LogP contribution in [-0.2, 0) is 28.6 Å². The van der Waals surface area contributed by atoms with E-state index >= 15 is 0 Å². The minimum Gasteiger partial charge on any atom is -0.459 e.